The fraction of sp³-hybridized carbons (Fsp3) is 0.400. The molecule has 0 saturated heterocycles. The molecule has 0 N–H and O–H groups in total. The van der Waals surface area contributed by atoms with Gasteiger partial charge < -0.3 is 0 Å². The summed E-state index contributed by atoms with van der Waals surface area (Å²) < 4.78 is -0.356. The number of hydrogen-bond donors (Lipinski definition) is 0. The fourth-order valence-corrected chi connectivity index (χ4v) is 2.25. The summed E-state index contributed by atoms with van der Waals surface area (Å²) in [6.07, 6.45) is 0. The molecule has 4 heteroatoms. The van der Waals surface area contributed by atoms with Crippen LogP contribution in [0.15, 0.2) is 35.2 Å². The van der Waals surface area contributed by atoms with E-state index in [2.05, 4.69) is 0 Å². The van der Waals surface area contributed by atoms with E-state index in [1.165, 1.54) is 11.8 Å². The van der Waals surface area contributed by atoms with E-state index >= 15 is 0 Å². The number of nitro groups is 1. The van der Waals surface area contributed by atoms with Gasteiger partial charge in [0.2, 0.25) is 6.54 Å². The Morgan fingerprint density at radius 2 is 1.93 bits per heavy atom. The van der Waals surface area contributed by atoms with Crippen LogP contribution in [0.3, 0.4) is 0 Å². The van der Waals surface area contributed by atoms with Crippen molar-refractivity contribution >= 4 is 11.8 Å². The van der Waals surface area contributed by atoms with Gasteiger partial charge >= 0.3 is 0 Å². The summed E-state index contributed by atoms with van der Waals surface area (Å²) in [6.45, 7) is 3.74. The molecule has 0 aliphatic heterocycles. The largest absolute Gasteiger partial charge is 0.264 e. The van der Waals surface area contributed by atoms with Gasteiger partial charge in [-0.3, -0.25) is 10.1 Å². The van der Waals surface area contributed by atoms with Gasteiger partial charge in [-0.15, -0.1) is 11.8 Å². The van der Waals surface area contributed by atoms with E-state index in [4.69, 9.17) is 0 Å². The second kappa shape index (κ2) is 4.46. The van der Waals surface area contributed by atoms with E-state index in [9.17, 15) is 10.1 Å². The second-order valence-electron chi connectivity index (χ2n) is 3.67. The Kier molecular flexibility index (Phi) is 3.52. The fourth-order valence-electron chi connectivity index (χ4n) is 1.15. The van der Waals surface area contributed by atoms with Crippen molar-refractivity contribution < 1.29 is 4.92 Å². The van der Waals surface area contributed by atoms with Gasteiger partial charge in [0.25, 0.3) is 0 Å². The lowest BCUT2D eigenvalue weighted by Gasteiger charge is -2.18. The zero-order valence-electron chi connectivity index (χ0n) is 8.27. The third-order valence-electron chi connectivity index (χ3n) is 1.65. The van der Waals surface area contributed by atoms with Gasteiger partial charge in [0, 0.05) is 9.82 Å². The zero-order valence-corrected chi connectivity index (χ0v) is 9.08. The highest BCUT2D eigenvalue weighted by molar-refractivity contribution is 8.00. The van der Waals surface area contributed by atoms with Crippen LogP contribution in [0, 0.1) is 10.1 Å². The minimum absolute atomic E-state index is 0.0213. The summed E-state index contributed by atoms with van der Waals surface area (Å²) in [5.41, 5.74) is 0. The van der Waals surface area contributed by atoms with Crippen LogP contribution < -0.4 is 0 Å². The molecule has 0 aliphatic carbocycles. The van der Waals surface area contributed by atoms with E-state index in [1.807, 2.05) is 44.2 Å². The average molecular weight is 211 g/mol. The quantitative estimate of drug-likeness (QED) is 0.437. The molecule has 1 rings (SSSR count). The minimum Gasteiger partial charge on any atom is -0.264 e. The number of hydrogen-bond acceptors (Lipinski definition) is 3. The standard InChI is InChI=1S/C10H13NO2S/c1-10(2,8-11(12)13)14-9-6-4-3-5-7-9/h3-7H,8H2,1-2H3. The van der Waals surface area contributed by atoms with Gasteiger partial charge in [-0.1, -0.05) is 18.2 Å². The molecule has 3 nitrogen and oxygen atoms in total. The molecule has 0 radical (unpaired) electrons. The van der Waals surface area contributed by atoms with Gasteiger partial charge in [-0.25, -0.2) is 0 Å². The van der Waals surface area contributed by atoms with Crippen molar-refractivity contribution in [1.82, 2.24) is 0 Å². The Labute approximate surface area is 87.7 Å². The molecular formula is C10H13NO2S. The molecule has 0 unspecified atom stereocenters. The molecule has 0 aliphatic rings. The smallest absolute Gasteiger partial charge is 0.218 e. The van der Waals surface area contributed by atoms with Crippen LogP contribution in [0.4, 0.5) is 0 Å². The molecule has 0 amide bonds. The van der Waals surface area contributed by atoms with Gasteiger partial charge in [0.1, 0.15) is 0 Å². The third kappa shape index (κ3) is 3.79. The number of rotatable bonds is 4. The lowest BCUT2D eigenvalue weighted by Crippen LogP contribution is -2.26. The molecule has 0 spiro atoms. The normalized spacial score (nSPS) is 11.3. The highest BCUT2D eigenvalue weighted by Gasteiger charge is 2.25. The zero-order chi connectivity index (χ0) is 10.6. The van der Waals surface area contributed by atoms with E-state index < -0.39 is 0 Å². The first kappa shape index (κ1) is 11.0. The van der Waals surface area contributed by atoms with Crippen LogP contribution in [-0.4, -0.2) is 16.2 Å². The Balaban J connectivity index is 2.63. The molecule has 14 heavy (non-hydrogen) atoms. The van der Waals surface area contributed by atoms with Crippen molar-refractivity contribution in [3.8, 4) is 0 Å². The van der Waals surface area contributed by atoms with E-state index in [1.54, 1.807) is 0 Å². The summed E-state index contributed by atoms with van der Waals surface area (Å²) in [5.74, 6) is 0. The van der Waals surface area contributed by atoms with Crippen molar-refractivity contribution in [2.75, 3.05) is 6.54 Å². The Morgan fingerprint density at radius 1 is 1.36 bits per heavy atom. The molecule has 0 saturated carbocycles. The summed E-state index contributed by atoms with van der Waals surface area (Å²) in [6, 6.07) is 9.73. The molecule has 1 aromatic carbocycles. The number of nitrogens with zero attached hydrogens (tertiary/aromatic N) is 1. The molecule has 0 bridgehead atoms. The summed E-state index contributed by atoms with van der Waals surface area (Å²) in [7, 11) is 0. The predicted octanol–water partition coefficient (Wildman–Crippen LogP) is 2.83. The molecular weight excluding hydrogens is 198 g/mol. The average Bonchev–Trinajstić information content (AvgIpc) is 2.02. The first-order chi connectivity index (χ1) is 6.49. The van der Waals surface area contributed by atoms with Gasteiger partial charge in [0.15, 0.2) is 0 Å². The summed E-state index contributed by atoms with van der Waals surface area (Å²) >= 11 is 1.53. The minimum atomic E-state index is -0.356. The highest BCUT2D eigenvalue weighted by Crippen LogP contribution is 2.31. The molecule has 0 heterocycles. The first-order valence-corrected chi connectivity index (χ1v) is 5.17. The maximum atomic E-state index is 10.4. The monoisotopic (exact) mass is 211 g/mol. The number of thioether (sulfide) groups is 1. The van der Waals surface area contributed by atoms with Crippen LogP contribution in [0.5, 0.6) is 0 Å². The summed E-state index contributed by atoms with van der Waals surface area (Å²) in [5, 5.41) is 10.4. The van der Waals surface area contributed by atoms with Crippen LogP contribution >= 0.6 is 11.8 Å². The molecule has 76 valence electrons. The third-order valence-corrected chi connectivity index (χ3v) is 2.84. The predicted molar refractivity (Wildman–Crippen MR) is 58.2 cm³/mol. The van der Waals surface area contributed by atoms with Gasteiger partial charge in [-0.2, -0.15) is 0 Å². The van der Waals surface area contributed by atoms with E-state index in [0.717, 1.165) is 4.90 Å². The second-order valence-corrected chi connectivity index (χ2v) is 5.45. The molecule has 0 atom stereocenters. The van der Waals surface area contributed by atoms with E-state index in [0.29, 0.717) is 0 Å². The van der Waals surface area contributed by atoms with Crippen LogP contribution in [-0.2, 0) is 0 Å². The van der Waals surface area contributed by atoms with Crippen molar-refractivity contribution in [2.45, 2.75) is 23.5 Å². The summed E-state index contributed by atoms with van der Waals surface area (Å²) in [4.78, 5) is 11.2. The Morgan fingerprint density at radius 3 is 2.43 bits per heavy atom. The van der Waals surface area contributed by atoms with E-state index in [-0.39, 0.29) is 16.2 Å². The van der Waals surface area contributed by atoms with Crippen molar-refractivity contribution in [3.63, 3.8) is 0 Å². The lowest BCUT2D eigenvalue weighted by molar-refractivity contribution is -0.483. The van der Waals surface area contributed by atoms with Gasteiger partial charge in [-0.05, 0) is 26.0 Å². The maximum absolute atomic E-state index is 10.4. The van der Waals surface area contributed by atoms with Crippen molar-refractivity contribution in [1.29, 1.82) is 0 Å². The Bertz CT molecular complexity index is 311. The molecule has 1 aromatic rings. The Hall–Kier alpha value is -1.03. The lowest BCUT2D eigenvalue weighted by atomic mass is 10.2. The van der Waals surface area contributed by atoms with Gasteiger partial charge in [0.05, 0.1) is 4.75 Å². The number of benzene rings is 1. The SMILES string of the molecule is CC(C)(C[N+](=O)[O-])Sc1ccccc1. The van der Waals surface area contributed by atoms with Crippen LogP contribution in [0.2, 0.25) is 0 Å². The first-order valence-electron chi connectivity index (χ1n) is 4.35. The molecule has 0 aromatic heterocycles. The highest BCUT2D eigenvalue weighted by atomic mass is 32.2. The van der Waals surface area contributed by atoms with Crippen LogP contribution in [0.1, 0.15) is 13.8 Å². The molecule has 0 fully saturated rings. The van der Waals surface area contributed by atoms with Crippen molar-refractivity contribution in [2.24, 2.45) is 0 Å². The topological polar surface area (TPSA) is 43.1 Å². The maximum Gasteiger partial charge on any atom is 0.218 e. The van der Waals surface area contributed by atoms with Crippen molar-refractivity contribution in [3.05, 3.63) is 40.4 Å². The van der Waals surface area contributed by atoms with Crippen LogP contribution in [0.25, 0.3) is 0 Å².